The molecule has 0 spiro atoms. The Morgan fingerprint density at radius 1 is 1.36 bits per heavy atom. The molecule has 2 rings (SSSR count). The predicted molar refractivity (Wildman–Crippen MR) is 68.4 cm³/mol. The summed E-state index contributed by atoms with van der Waals surface area (Å²) in [7, 11) is 0. The summed E-state index contributed by atoms with van der Waals surface area (Å²) in [6.45, 7) is 2.05. The van der Waals surface area contributed by atoms with Crippen molar-refractivity contribution in [2.45, 2.75) is 26.3 Å². The fraction of sp³-hybridized carbons (Fsp3) is 0.308. The molecule has 1 N–H and O–H groups in total. The smallest absolute Gasteiger partial charge is 0.417 e. The topological polar surface area (TPSA) is 77.2 Å². The Hall–Kier alpha value is -2.58. The Bertz CT molecular complexity index is 665. The summed E-state index contributed by atoms with van der Waals surface area (Å²) in [4.78, 5) is 14.6. The molecule has 0 aromatic carbocycles. The summed E-state index contributed by atoms with van der Waals surface area (Å²) in [6, 6.07) is 1.92. The number of ether oxygens (including phenoxy) is 1. The van der Waals surface area contributed by atoms with Crippen molar-refractivity contribution in [1.82, 2.24) is 14.8 Å². The van der Waals surface area contributed by atoms with Crippen molar-refractivity contribution in [3.63, 3.8) is 0 Å². The molecule has 0 fully saturated rings. The van der Waals surface area contributed by atoms with Gasteiger partial charge in [-0.1, -0.05) is 0 Å². The van der Waals surface area contributed by atoms with E-state index >= 15 is 0 Å². The second kappa shape index (κ2) is 6.04. The van der Waals surface area contributed by atoms with Crippen molar-refractivity contribution in [3.05, 3.63) is 41.3 Å². The van der Waals surface area contributed by atoms with E-state index in [1.165, 1.54) is 10.9 Å². The normalized spacial score (nSPS) is 11.5. The second-order valence-corrected chi connectivity index (χ2v) is 4.30. The zero-order valence-corrected chi connectivity index (χ0v) is 11.5. The number of pyridine rings is 1. The van der Waals surface area contributed by atoms with E-state index in [0.29, 0.717) is 18.4 Å². The molecular weight excluding hydrogens is 303 g/mol. The number of halogens is 3. The minimum atomic E-state index is -4.47. The van der Waals surface area contributed by atoms with Crippen LogP contribution in [-0.4, -0.2) is 25.8 Å². The zero-order valence-electron chi connectivity index (χ0n) is 11.5. The number of rotatable bonds is 5. The molecule has 9 heteroatoms. The van der Waals surface area contributed by atoms with Gasteiger partial charge in [-0.2, -0.15) is 18.3 Å². The van der Waals surface area contributed by atoms with Gasteiger partial charge in [-0.3, -0.25) is 4.68 Å². The summed E-state index contributed by atoms with van der Waals surface area (Å²) in [5.74, 6) is -1.19. The highest BCUT2D eigenvalue weighted by Crippen LogP contribution is 2.29. The number of carboxylic acid groups (broad SMARTS) is 1. The fourth-order valence-corrected chi connectivity index (χ4v) is 1.79. The first kappa shape index (κ1) is 15.8. The largest absolute Gasteiger partial charge is 0.478 e. The van der Waals surface area contributed by atoms with Crippen LogP contribution in [0.5, 0.6) is 5.88 Å². The van der Waals surface area contributed by atoms with Crippen molar-refractivity contribution >= 4 is 5.97 Å². The lowest BCUT2D eigenvalue weighted by Gasteiger charge is -2.10. The van der Waals surface area contributed by atoms with Crippen LogP contribution < -0.4 is 4.74 Å². The lowest BCUT2D eigenvalue weighted by Crippen LogP contribution is -2.11. The minimum absolute atomic E-state index is 0.0197. The molecule has 22 heavy (non-hydrogen) atoms. The third-order valence-corrected chi connectivity index (χ3v) is 2.90. The molecule has 0 aliphatic rings. The molecule has 0 bridgehead atoms. The molecule has 118 valence electrons. The van der Waals surface area contributed by atoms with E-state index in [1.807, 2.05) is 0 Å². The van der Waals surface area contributed by atoms with Crippen LogP contribution in [0.3, 0.4) is 0 Å². The van der Waals surface area contributed by atoms with Gasteiger partial charge in [0, 0.05) is 18.8 Å². The average Bonchev–Trinajstić information content (AvgIpc) is 2.87. The van der Waals surface area contributed by atoms with Gasteiger partial charge >= 0.3 is 12.1 Å². The molecule has 2 aromatic rings. The average molecular weight is 315 g/mol. The van der Waals surface area contributed by atoms with Crippen LogP contribution in [0.2, 0.25) is 0 Å². The van der Waals surface area contributed by atoms with E-state index in [2.05, 4.69) is 10.1 Å². The third-order valence-electron chi connectivity index (χ3n) is 2.90. The van der Waals surface area contributed by atoms with E-state index in [-0.39, 0.29) is 18.1 Å². The molecular formula is C13H12F3N3O3. The van der Waals surface area contributed by atoms with Crippen molar-refractivity contribution in [2.75, 3.05) is 0 Å². The van der Waals surface area contributed by atoms with E-state index in [9.17, 15) is 18.0 Å². The van der Waals surface area contributed by atoms with Gasteiger partial charge in [-0.25, -0.2) is 9.78 Å². The molecule has 2 heterocycles. The van der Waals surface area contributed by atoms with Gasteiger partial charge in [0.05, 0.1) is 17.5 Å². The number of hydrogen-bond acceptors (Lipinski definition) is 4. The number of carboxylic acids is 1. The molecule has 0 unspecified atom stereocenters. The number of carbonyl (C=O) groups is 1. The standard InChI is InChI=1S/C13H12F3N3O3/c1-2-19-10(9(6-18-19)12(20)21)7-22-11-4-3-8(5-17-11)13(14,15)16/h3-6H,2,7H2,1H3,(H,20,21). The van der Waals surface area contributed by atoms with Crippen LogP contribution in [-0.2, 0) is 19.3 Å². The first-order valence-corrected chi connectivity index (χ1v) is 6.27. The first-order valence-electron chi connectivity index (χ1n) is 6.27. The molecule has 0 saturated carbocycles. The van der Waals surface area contributed by atoms with Gasteiger partial charge in [-0.05, 0) is 13.0 Å². The maximum Gasteiger partial charge on any atom is 0.417 e. The molecule has 0 atom stereocenters. The molecule has 0 amide bonds. The Balaban J connectivity index is 2.13. The van der Waals surface area contributed by atoms with Gasteiger partial charge in [0.25, 0.3) is 0 Å². The quantitative estimate of drug-likeness (QED) is 0.917. The van der Waals surface area contributed by atoms with Gasteiger partial charge in [0.1, 0.15) is 12.2 Å². The van der Waals surface area contributed by atoms with E-state index in [4.69, 9.17) is 9.84 Å². The lowest BCUT2D eigenvalue weighted by molar-refractivity contribution is -0.137. The van der Waals surface area contributed by atoms with Gasteiger partial charge in [0.15, 0.2) is 0 Å². The first-order chi connectivity index (χ1) is 10.3. The van der Waals surface area contributed by atoms with Crippen molar-refractivity contribution < 1.29 is 27.8 Å². The van der Waals surface area contributed by atoms with Crippen LogP contribution in [0.1, 0.15) is 28.5 Å². The molecule has 0 aliphatic carbocycles. The van der Waals surface area contributed by atoms with Crippen LogP contribution in [0.25, 0.3) is 0 Å². The number of alkyl halides is 3. The van der Waals surface area contributed by atoms with Gasteiger partial charge < -0.3 is 9.84 Å². The predicted octanol–water partition coefficient (Wildman–Crippen LogP) is 2.59. The maximum absolute atomic E-state index is 12.4. The molecule has 2 aromatic heterocycles. The zero-order chi connectivity index (χ0) is 16.3. The lowest BCUT2D eigenvalue weighted by atomic mass is 10.2. The molecule has 0 saturated heterocycles. The second-order valence-electron chi connectivity index (χ2n) is 4.30. The SMILES string of the molecule is CCn1ncc(C(=O)O)c1COc1ccc(C(F)(F)F)cn1. The van der Waals surface area contributed by atoms with E-state index in [0.717, 1.165) is 12.1 Å². The Morgan fingerprint density at radius 2 is 2.09 bits per heavy atom. The number of aryl methyl sites for hydroxylation is 1. The summed E-state index contributed by atoms with van der Waals surface area (Å²) >= 11 is 0. The Kier molecular flexibility index (Phi) is 4.34. The number of aromatic nitrogens is 3. The highest BCUT2D eigenvalue weighted by atomic mass is 19.4. The third kappa shape index (κ3) is 3.35. The maximum atomic E-state index is 12.4. The molecule has 0 aliphatic heterocycles. The molecule has 0 radical (unpaired) electrons. The van der Waals surface area contributed by atoms with Crippen LogP contribution in [0.15, 0.2) is 24.5 Å². The number of hydrogen-bond donors (Lipinski definition) is 1. The minimum Gasteiger partial charge on any atom is -0.478 e. The van der Waals surface area contributed by atoms with Crippen molar-refractivity contribution in [3.8, 4) is 5.88 Å². The summed E-state index contributed by atoms with van der Waals surface area (Å²) in [6.07, 6.45) is -2.61. The summed E-state index contributed by atoms with van der Waals surface area (Å²) < 4.78 is 43.9. The summed E-state index contributed by atoms with van der Waals surface area (Å²) in [5, 5.41) is 12.9. The Morgan fingerprint density at radius 3 is 2.59 bits per heavy atom. The van der Waals surface area contributed by atoms with E-state index < -0.39 is 17.7 Å². The van der Waals surface area contributed by atoms with Crippen molar-refractivity contribution in [1.29, 1.82) is 0 Å². The Labute approximate surface area is 123 Å². The van der Waals surface area contributed by atoms with Crippen molar-refractivity contribution in [2.24, 2.45) is 0 Å². The number of nitrogens with zero attached hydrogens (tertiary/aromatic N) is 3. The fourth-order valence-electron chi connectivity index (χ4n) is 1.79. The van der Waals surface area contributed by atoms with Crippen LogP contribution in [0.4, 0.5) is 13.2 Å². The molecule has 6 nitrogen and oxygen atoms in total. The number of aromatic carboxylic acids is 1. The van der Waals surface area contributed by atoms with E-state index in [1.54, 1.807) is 6.92 Å². The highest BCUT2D eigenvalue weighted by Gasteiger charge is 2.30. The van der Waals surface area contributed by atoms with Crippen LogP contribution in [0, 0.1) is 0 Å². The van der Waals surface area contributed by atoms with Gasteiger partial charge in [-0.15, -0.1) is 0 Å². The monoisotopic (exact) mass is 315 g/mol. The summed E-state index contributed by atoms with van der Waals surface area (Å²) in [5.41, 5.74) is -0.588. The van der Waals surface area contributed by atoms with Gasteiger partial charge in [0.2, 0.25) is 5.88 Å². The van der Waals surface area contributed by atoms with Crippen LogP contribution >= 0.6 is 0 Å². The highest BCUT2D eigenvalue weighted by molar-refractivity contribution is 5.88.